The van der Waals surface area contributed by atoms with Crippen LogP contribution in [0.2, 0.25) is 5.02 Å². The molecule has 0 unspecified atom stereocenters. The van der Waals surface area contributed by atoms with Gasteiger partial charge < -0.3 is 10.5 Å². The number of hydrogen-bond donors (Lipinski definition) is 1. The standard InChI is InChI=1S/C12H10ClN7O/c1-7-2-3-8(13)4-9(7)21-12-18-10(14)17-11(19-12)20-6-15-5-16-20/h2-6H,1H3,(H2,14,17,18,19). The Balaban J connectivity index is 1.97. The van der Waals surface area contributed by atoms with E-state index in [0.717, 1.165) is 5.56 Å². The summed E-state index contributed by atoms with van der Waals surface area (Å²) in [4.78, 5) is 15.9. The van der Waals surface area contributed by atoms with Crippen molar-refractivity contribution >= 4 is 17.5 Å². The molecule has 2 N–H and O–H groups in total. The second kappa shape index (κ2) is 5.33. The number of benzene rings is 1. The Morgan fingerprint density at radius 1 is 1.24 bits per heavy atom. The first kappa shape index (κ1) is 13.3. The van der Waals surface area contributed by atoms with E-state index >= 15 is 0 Å². The fraction of sp³-hybridized carbons (Fsp3) is 0.0833. The Kier molecular flexibility index (Phi) is 3.36. The van der Waals surface area contributed by atoms with E-state index in [1.165, 1.54) is 17.3 Å². The van der Waals surface area contributed by atoms with Gasteiger partial charge in [-0.15, -0.1) is 0 Å². The molecule has 1 aromatic carbocycles. The largest absolute Gasteiger partial charge is 0.424 e. The van der Waals surface area contributed by atoms with Crippen LogP contribution >= 0.6 is 11.6 Å². The molecule has 0 aliphatic heterocycles. The van der Waals surface area contributed by atoms with Crippen molar-refractivity contribution in [3.63, 3.8) is 0 Å². The summed E-state index contributed by atoms with van der Waals surface area (Å²) in [5, 5.41) is 4.48. The maximum atomic E-state index is 5.95. The van der Waals surface area contributed by atoms with Gasteiger partial charge >= 0.3 is 6.01 Å². The second-order valence-corrected chi connectivity index (χ2v) is 4.56. The molecule has 0 fully saturated rings. The van der Waals surface area contributed by atoms with Crippen molar-refractivity contribution in [1.82, 2.24) is 29.7 Å². The third kappa shape index (κ3) is 2.90. The molecule has 0 spiro atoms. The van der Waals surface area contributed by atoms with E-state index in [2.05, 4.69) is 25.0 Å². The summed E-state index contributed by atoms with van der Waals surface area (Å²) in [6.07, 6.45) is 2.81. The lowest BCUT2D eigenvalue weighted by Gasteiger charge is -2.08. The van der Waals surface area contributed by atoms with Gasteiger partial charge in [0, 0.05) is 5.02 Å². The van der Waals surface area contributed by atoms with Crippen molar-refractivity contribution in [2.45, 2.75) is 6.92 Å². The predicted octanol–water partition coefficient (Wildman–Crippen LogP) is 1.79. The Morgan fingerprint density at radius 2 is 2.10 bits per heavy atom. The summed E-state index contributed by atoms with van der Waals surface area (Å²) in [6, 6.07) is 5.33. The third-order valence-electron chi connectivity index (χ3n) is 2.60. The van der Waals surface area contributed by atoms with Gasteiger partial charge in [-0.3, -0.25) is 0 Å². The van der Waals surface area contributed by atoms with Crippen LogP contribution in [0.4, 0.5) is 5.95 Å². The molecule has 8 nitrogen and oxygen atoms in total. The van der Waals surface area contributed by atoms with Gasteiger partial charge in [0.25, 0.3) is 5.95 Å². The van der Waals surface area contributed by atoms with Crippen LogP contribution in [0.1, 0.15) is 5.56 Å². The van der Waals surface area contributed by atoms with Crippen LogP contribution in [0.5, 0.6) is 11.8 Å². The highest BCUT2D eigenvalue weighted by Gasteiger charge is 2.10. The number of anilines is 1. The molecular weight excluding hydrogens is 294 g/mol. The van der Waals surface area contributed by atoms with Crippen molar-refractivity contribution in [1.29, 1.82) is 0 Å². The smallest absolute Gasteiger partial charge is 0.328 e. The molecule has 0 amide bonds. The van der Waals surface area contributed by atoms with E-state index in [-0.39, 0.29) is 17.9 Å². The van der Waals surface area contributed by atoms with Gasteiger partial charge in [0.05, 0.1) is 0 Å². The number of aromatic nitrogens is 6. The van der Waals surface area contributed by atoms with Gasteiger partial charge in [0.15, 0.2) is 0 Å². The average Bonchev–Trinajstić information content (AvgIpc) is 2.96. The summed E-state index contributed by atoms with van der Waals surface area (Å²) in [5.74, 6) is 0.775. The van der Waals surface area contributed by atoms with E-state index in [0.29, 0.717) is 10.8 Å². The third-order valence-corrected chi connectivity index (χ3v) is 2.83. The minimum atomic E-state index is 0.0187. The molecule has 106 valence electrons. The van der Waals surface area contributed by atoms with Gasteiger partial charge in [-0.05, 0) is 24.6 Å². The highest BCUT2D eigenvalue weighted by Crippen LogP contribution is 2.26. The first-order chi connectivity index (χ1) is 10.1. The maximum Gasteiger partial charge on any atom is 0.328 e. The number of ether oxygens (including phenoxy) is 1. The molecule has 2 aromatic heterocycles. The first-order valence-corrected chi connectivity index (χ1v) is 6.30. The monoisotopic (exact) mass is 303 g/mol. The van der Waals surface area contributed by atoms with Crippen LogP contribution in [0.25, 0.3) is 5.95 Å². The van der Waals surface area contributed by atoms with Crippen LogP contribution in [-0.2, 0) is 0 Å². The van der Waals surface area contributed by atoms with Crippen LogP contribution in [-0.4, -0.2) is 29.7 Å². The molecular formula is C12H10ClN7O. The Labute approximate surface area is 124 Å². The van der Waals surface area contributed by atoms with Crippen molar-refractivity contribution in [3.05, 3.63) is 41.4 Å². The van der Waals surface area contributed by atoms with E-state index in [4.69, 9.17) is 22.1 Å². The summed E-state index contributed by atoms with van der Waals surface area (Å²) >= 11 is 5.95. The minimum absolute atomic E-state index is 0.0187. The SMILES string of the molecule is Cc1ccc(Cl)cc1Oc1nc(N)nc(-n2cncn2)n1. The molecule has 0 aliphatic rings. The summed E-state index contributed by atoms with van der Waals surface area (Å²) < 4.78 is 6.98. The Morgan fingerprint density at radius 3 is 2.86 bits per heavy atom. The second-order valence-electron chi connectivity index (χ2n) is 4.13. The molecule has 0 saturated heterocycles. The van der Waals surface area contributed by atoms with Gasteiger partial charge in [-0.2, -0.15) is 24.7 Å². The maximum absolute atomic E-state index is 5.95. The number of nitrogens with two attached hydrogens (primary N) is 1. The van der Waals surface area contributed by atoms with E-state index in [9.17, 15) is 0 Å². The van der Waals surface area contributed by atoms with Gasteiger partial charge in [-0.1, -0.05) is 17.7 Å². The quantitative estimate of drug-likeness (QED) is 0.786. The molecule has 0 atom stereocenters. The summed E-state index contributed by atoms with van der Waals surface area (Å²) in [7, 11) is 0. The fourth-order valence-electron chi connectivity index (χ4n) is 1.60. The van der Waals surface area contributed by atoms with Crippen LogP contribution in [0, 0.1) is 6.92 Å². The molecule has 2 heterocycles. The molecule has 0 saturated carbocycles. The lowest BCUT2D eigenvalue weighted by atomic mass is 10.2. The van der Waals surface area contributed by atoms with Crippen LogP contribution in [0.3, 0.4) is 0 Å². The number of halogens is 1. The van der Waals surface area contributed by atoms with E-state index in [1.807, 2.05) is 13.0 Å². The topological polar surface area (TPSA) is 105 Å². The Hall–Kier alpha value is -2.74. The van der Waals surface area contributed by atoms with Gasteiger partial charge in [0.2, 0.25) is 5.95 Å². The molecule has 0 bridgehead atoms. The van der Waals surface area contributed by atoms with Crippen molar-refractivity contribution in [2.75, 3.05) is 5.73 Å². The van der Waals surface area contributed by atoms with Crippen LogP contribution < -0.4 is 10.5 Å². The fourth-order valence-corrected chi connectivity index (χ4v) is 1.76. The van der Waals surface area contributed by atoms with Crippen molar-refractivity contribution in [2.24, 2.45) is 0 Å². The normalized spacial score (nSPS) is 10.6. The van der Waals surface area contributed by atoms with E-state index < -0.39 is 0 Å². The molecule has 9 heteroatoms. The number of aryl methyl sites for hydroxylation is 1. The van der Waals surface area contributed by atoms with Gasteiger partial charge in [-0.25, -0.2) is 4.98 Å². The van der Waals surface area contributed by atoms with E-state index in [1.54, 1.807) is 12.1 Å². The van der Waals surface area contributed by atoms with Crippen LogP contribution in [0.15, 0.2) is 30.9 Å². The van der Waals surface area contributed by atoms with Gasteiger partial charge in [0.1, 0.15) is 18.4 Å². The molecule has 0 radical (unpaired) electrons. The average molecular weight is 304 g/mol. The zero-order chi connectivity index (χ0) is 14.8. The first-order valence-electron chi connectivity index (χ1n) is 5.92. The molecule has 21 heavy (non-hydrogen) atoms. The van der Waals surface area contributed by atoms with Crippen molar-refractivity contribution in [3.8, 4) is 17.7 Å². The Bertz CT molecular complexity index is 775. The zero-order valence-electron chi connectivity index (χ0n) is 10.9. The number of nitrogens with zero attached hydrogens (tertiary/aromatic N) is 6. The highest BCUT2D eigenvalue weighted by molar-refractivity contribution is 6.30. The molecule has 3 aromatic rings. The lowest BCUT2D eigenvalue weighted by molar-refractivity contribution is 0.435. The molecule has 0 aliphatic carbocycles. The highest BCUT2D eigenvalue weighted by atomic mass is 35.5. The predicted molar refractivity (Wildman–Crippen MR) is 75.4 cm³/mol. The number of hydrogen-bond acceptors (Lipinski definition) is 7. The number of rotatable bonds is 3. The molecule has 3 rings (SSSR count). The summed E-state index contributed by atoms with van der Waals surface area (Å²) in [6.45, 7) is 1.88. The summed E-state index contributed by atoms with van der Waals surface area (Å²) in [5.41, 5.74) is 6.55. The minimum Gasteiger partial charge on any atom is -0.424 e. The van der Waals surface area contributed by atoms with Crippen molar-refractivity contribution < 1.29 is 4.74 Å². The number of nitrogen functional groups attached to an aromatic ring is 1. The zero-order valence-corrected chi connectivity index (χ0v) is 11.7. The lowest BCUT2D eigenvalue weighted by Crippen LogP contribution is -2.08.